The van der Waals surface area contributed by atoms with Gasteiger partial charge in [-0.25, -0.2) is 0 Å². The maximum Gasteiger partial charge on any atom is 0.251 e. The summed E-state index contributed by atoms with van der Waals surface area (Å²) in [5.41, 5.74) is 5.44. The maximum atomic E-state index is 14.7. The number of ether oxygens (including phenoxy) is 1. The fourth-order valence-electron chi connectivity index (χ4n) is 9.58. The summed E-state index contributed by atoms with van der Waals surface area (Å²) in [7, 11) is 1.65. The van der Waals surface area contributed by atoms with Crippen molar-refractivity contribution in [2.45, 2.75) is 114 Å². The standard InChI is InChI=1S/C38H57N7O3/c1-27-15-18-44(26-33-24-35(29-5-3-4-6-29)40-38(16-17-38)45(27,33)47)41-34-14-9-30(23-36(34)48-2)37(46)39-31-10-12-32(13-11-31)43-21-19-42(20-22-43)25-28-7-8-28/h9,14-15,18,23-24,27-29,31-32,35,40-41H,3-8,10-13,16-17,19-22,25-26H2,1-2H3,(H,39,46). The van der Waals surface area contributed by atoms with Crippen LogP contribution in [0.3, 0.4) is 0 Å². The predicted octanol–water partition coefficient (Wildman–Crippen LogP) is 5.16. The predicted molar refractivity (Wildman–Crippen MR) is 189 cm³/mol. The van der Waals surface area contributed by atoms with Gasteiger partial charge in [0.05, 0.1) is 12.8 Å². The topological polar surface area (TPSA) is 95.2 Å². The molecule has 7 aliphatic rings. The third kappa shape index (κ3) is 6.39. The first-order valence-corrected chi connectivity index (χ1v) is 19.1. The van der Waals surface area contributed by atoms with Crippen molar-refractivity contribution in [1.82, 2.24) is 25.4 Å². The van der Waals surface area contributed by atoms with Crippen LogP contribution in [0.2, 0.25) is 0 Å². The number of quaternary nitrogens is 1. The molecule has 3 aliphatic heterocycles. The number of hydrazine groups is 1. The molecule has 0 radical (unpaired) electrons. The molecule has 1 saturated heterocycles. The minimum Gasteiger partial charge on any atom is -0.626 e. The Labute approximate surface area is 287 Å². The molecule has 262 valence electrons. The summed E-state index contributed by atoms with van der Waals surface area (Å²) in [6.45, 7) is 8.66. The highest BCUT2D eigenvalue weighted by molar-refractivity contribution is 5.95. The summed E-state index contributed by atoms with van der Waals surface area (Å²) < 4.78 is 5.49. The zero-order valence-corrected chi connectivity index (χ0v) is 29.2. The first kappa shape index (κ1) is 32.6. The van der Waals surface area contributed by atoms with Crippen LogP contribution in [-0.2, 0) is 0 Å². The van der Waals surface area contributed by atoms with Crippen molar-refractivity contribution in [2.24, 2.45) is 11.8 Å². The normalized spacial score (nSPS) is 34.0. The smallest absolute Gasteiger partial charge is 0.251 e. The zero-order chi connectivity index (χ0) is 32.9. The fraction of sp³-hybridized carbons (Fsp3) is 0.711. The van der Waals surface area contributed by atoms with Gasteiger partial charge in [-0.05, 0) is 100 Å². The van der Waals surface area contributed by atoms with Crippen molar-refractivity contribution in [3.8, 4) is 5.75 Å². The number of hydrogen-bond acceptors (Lipinski definition) is 8. The SMILES string of the molecule is COc1cc(C(=O)NC2CCC(N3CCN(CC4CC4)CC3)CC2)ccc1NN1C=CC(C)[N+]2([O-])C(=CC(C3CCCC3)NC23CC3)C1. The fourth-order valence-corrected chi connectivity index (χ4v) is 9.58. The number of carbonyl (C=O) groups excluding carboxylic acids is 1. The van der Waals surface area contributed by atoms with Crippen LogP contribution >= 0.6 is 0 Å². The number of amides is 1. The van der Waals surface area contributed by atoms with E-state index in [2.05, 4.69) is 38.9 Å². The van der Waals surface area contributed by atoms with E-state index >= 15 is 0 Å². The molecule has 5 fully saturated rings. The van der Waals surface area contributed by atoms with Crippen LogP contribution in [0.5, 0.6) is 5.75 Å². The Kier molecular flexibility index (Phi) is 8.99. The second-order valence-corrected chi connectivity index (χ2v) is 16.1. The van der Waals surface area contributed by atoms with Crippen LogP contribution in [0.1, 0.15) is 94.3 Å². The Morgan fingerprint density at radius 2 is 1.79 bits per heavy atom. The van der Waals surface area contributed by atoms with Gasteiger partial charge in [-0.2, -0.15) is 0 Å². The summed E-state index contributed by atoms with van der Waals surface area (Å²) >= 11 is 0. The van der Waals surface area contributed by atoms with Crippen LogP contribution in [-0.4, -0.2) is 102 Å². The third-order valence-electron chi connectivity index (χ3n) is 12.8. The summed E-state index contributed by atoms with van der Waals surface area (Å²) in [6.07, 6.45) is 20.4. The van der Waals surface area contributed by atoms with Gasteiger partial charge in [-0.3, -0.25) is 25.4 Å². The van der Waals surface area contributed by atoms with E-state index in [0.717, 1.165) is 55.8 Å². The van der Waals surface area contributed by atoms with E-state index in [1.165, 1.54) is 71.2 Å². The average molecular weight is 660 g/mol. The molecule has 0 bridgehead atoms. The molecule has 1 aromatic rings. The molecule has 0 aromatic heterocycles. The maximum absolute atomic E-state index is 14.7. The number of hydrogen-bond donors (Lipinski definition) is 3. The van der Waals surface area contributed by atoms with Gasteiger partial charge in [0, 0.05) is 75.5 Å². The Balaban J connectivity index is 0.879. The lowest BCUT2D eigenvalue weighted by Crippen LogP contribution is -2.68. The number of piperazine rings is 1. The molecule has 4 aliphatic carbocycles. The monoisotopic (exact) mass is 659 g/mol. The van der Waals surface area contributed by atoms with Crippen molar-refractivity contribution in [2.75, 3.05) is 51.8 Å². The number of rotatable bonds is 9. The number of carbonyl (C=O) groups is 1. The highest BCUT2D eigenvalue weighted by Gasteiger charge is 2.63. The molecular formula is C38H57N7O3. The van der Waals surface area contributed by atoms with Gasteiger partial charge in [-0.15, -0.1) is 0 Å². The number of anilines is 1. The van der Waals surface area contributed by atoms with Crippen LogP contribution in [0.4, 0.5) is 5.69 Å². The van der Waals surface area contributed by atoms with Crippen LogP contribution in [0.15, 0.2) is 42.2 Å². The van der Waals surface area contributed by atoms with Gasteiger partial charge in [0.15, 0.2) is 5.66 Å². The van der Waals surface area contributed by atoms with E-state index in [0.29, 0.717) is 29.8 Å². The Morgan fingerprint density at radius 1 is 1.04 bits per heavy atom. The number of benzene rings is 1. The molecule has 3 atom stereocenters. The van der Waals surface area contributed by atoms with Crippen LogP contribution < -0.4 is 20.8 Å². The van der Waals surface area contributed by atoms with Gasteiger partial charge in [0.2, 0.25) is 0 Å². The Hall–Kier alpha value is -2.63. The molecular weight excluding hydrogens is 602 g/mol. The lowest BCUT2D eigenvalue weighted by molar-refractivity contribution is -0.903. The Morgan fingerprint density at radius 3 is 2.48 bits per heavy atom. The number of methoxy groups -OCH3 is 1. The summed E-state index contributed by atoms with van der Waals surface area (Å²) in [5, 5.41) is 23.9. The molecule has 3 unspecified atom stereocenters. The van der Waals surface area contributed by atoms with Crippen molar-refractivity contribution in [1.29, 1.82) is 0 Å². The molecule has 3 N–H and O–H groups in total. The quantitative estimate of drug-likeness (QED) is 0.247. The highest BCUT2D eigenvalue weighted by atomic mass is 16.6. The van der Waals surface area contributed by atoms with E-state index in [-0.39, 0.29) is 28.7 Å². The molecule has 10 heteroatoms. The molecule has 8 rings (SSSR count). The number of nitrogens with zero attached hydrogens (tertiary/aromatic N) is 4. The molecule has 10 nitrogen and oxygen atoms in total. The second-order valence-electron chi connectivity index (χ2n) is 16.1. The van der Waals surface area contributed by atoms with E-state index in [1.54, 1.807) is 7.11 Å². The lowest BCUT2D eigenvalue weighted by atomic mass is 9.89. The zero-order valence-electron chi connectivity index (χ0n) is 29.2. The van der Waals surface area contributed by atoms with Crippen LogP contribution in [0.25, 0.3) is 0 Å². The third-order valence-corrected chi connectivity index (χ3v) is 12.8. The van der Waals surface area contributed by atoms with E-state index < -0.39 is 5.66 Å². The Bertz CT molecular complexity index is 1390. The first-order valence-electron chi connectivity index (χ1n) is 19.1. The van der Waals surface area contributed by atoms with Gasteiger partial charge in [-0.1, -0.05) is 12.8 Å². The molecule has 48 heavy (non-hydrogen) atoms. The molecule has 1 aromatic carbocycles. The number of fused-ring (bicyclic) bond motifs is 2. The first-order chi connectivity index (χ1) is 23.3. The van der Waals surface area contributed by atoms with E-state index in [1.807, 2.05) is 35.5 Å². The lowest BCUT2D eigenvalue weighted by Gasteiger charge is -2.56. The van der Waals surface area contributed by atoms with Crippen LogP contribution in [0, 0.1) is 17.0 Å². The van der Waals surface area contributed by atoms with Crippen molar-refractivity contribution in [3.05, 3.63) is 53.0 Å². The minimum absolute atomic E-state index is 0.0403. The summed E-state index contributed by atoms with van der Waals surface area (Å²) in [4.78, 5) is 18.8. The molecule has 1 spiro atoms. The molecule has 4 saturated carbocycles. The second kappa shape index (κ2) is 13.2. The summed E-state index contributed by atoms with van der Waals surface area (Å²) in [6, 6.07) is 6.59. The van der Waals surface area contributed by atoms with Crippen molar-refractivity contribution < 1.29 is 14.2 Å². The van der Waals surface area contributed by atoms with E-state index in [4.69, 9.17) is 4.74 Å². The van der Waals surface area contributed by atoms with Gasteiger partial charge in [0.1, 0.15) is 24.0 Å². The number of nitrogens with one attached hydrogen (secondary N) is 3. The highest BCUT2D eigenvalue weighted by Crippen LogP contribution is 2.53. The van der Waals surface area contributed by atoms with Crippen molar-refractivity contribution >= 4 is 11.6 Å². The average Bonchev–Trinajstić information content (AvgIpc) is 4.03. The van der Waals surface area contributed by atoms with Gasteiger partial charge < -0.3 is 24.8 Å². The van der Waals surface area contributed by atoms with Crippen molar-refractivity contribution in [3.63, 3.8) is 0 Å². The summed E-state index contributed by atoms with van der Waals surface area (Å²) in [5.74, 6) is 2.16. The minimum atomic E-state index is -0.395. The molecule has 1 amide bonds. The van der Waals surface area contributed by atoms with Gasteiger partial charge >= 0.3 is 0 Å². The number of hydroxylamine groups is 3. The largest absolute Gasteiger partial charge is 0.626 e. The van der Waals surface area contributed by atoms with Gasteiger partial charge in [0.25, 0.3) is 5.91 Å². The molecule has 3 heterocycles. The van der Waals surface area contributed by atoms with E-state index in [9.17, 15) is 10.0 Å².